The smallest absolute Gasteiger partial charge is 0.259 e. The molecule has 0 amide bonds. The minimum Gasteiger partial charge on any atom is -0.494 e. The normalized spacial score (nSPS) is 11.3. The molecule has 0 bridgehead atoms. The number of unbranched alkanes of at least 4 members (excludes halogenated alkanes) is 1. The van der Waals surface area contributed by atoms with Gasteiger partial charge in [0.15, 0.2) is 5.82 Å². The number of hydrogen-bond donors (Lipinski definition) is 1. The lowest BCUT2D eigenvalue weighted by atomic mass is 10.1. The Labute approximate surface area is 151 Å². The van der Waals surface area contributed by atoms with Crippen LogP contribution in [0.3, 0.4) is 0 Å². The Morgan fingerprint density at radius 3 is 2.73 bits per heavy atom. The fourth-order valence-electron chi connectivity index (χ4n) is 2.53. The third-order valence-corrected chi connectivity index (χ3v) is 3.95. The predicted octanol–water partition coefficient (Wildman–Crippen LogP) is 4.17. The number of rotatable bonds is 6. The summed E-state index contributed by atoms with van der Waals surface area (Å²) in [5.41, 5.74) is 1.44. The zero-order valence-electron chi connectivity index (χ0n) is 14.5. The van der Waals surface area contributed by atoms with Crippen LogP contribution in [0.2, 0.25) is 0 Å². The zero-order chi connectivity index (χ0) is 18.4. The second-order valence-electron chi connectivity index (χ2n) is 5.87. The average molecular weight is 345 g/mol. The van der Waals surface area contributed by atoms with Crippen LogP contribution in [0.5, 0.6) is 5.75 Å². The Bertz CT molecular complexity index is 1030. The second-order valence-corrected chi connectivity index (χ2v) is 5.87. The fourth-order valence-corrected chi connectivity index (χ4v) is 2.53. The molecule has 1 aromatic heterocycles. The van der Waals surface area contributed by atoms with Gasteiger partial charge in [0.05, 0.1) is 23.1 Å². The monoisotopic (exact) mass is 345 g/mol. The number of nitrogens with one attached hydrogen (secondary N) is 1. The van der Waals surface area contributed by atoms with Gasteiger partial charge < -0.3 is 9.72 Å². The van der Waals surface area contributed by atoms with Gasteiger partial charge in [0.1, 0.15) is 11.8 Å². The topological polar surface area (TPSA) is 78.8 Å². The van der Waals surface area contributed by atoms with Gasteiger partial charge in [-0.1, -0.05) is 37.6 Å². The molecule has 0 aliphatic heterocycles. The van der Waals surface area contributed by atoms with E-state index in [4.69, 9.17) is 4.74 Å². The van der Waals surface area contributed by atoms with E-state index in [2.05, 4.69) is 23.0 Å². The summed E-state index contributed by atoms with van der Waals surface area (Å²) in [5.74, 6) is 1.06. The second kappa shape index (κ2) is 8.13. The summed E-state index contributed by atoms with van der Waals surface area (Å²) in [6.45, 7) is 2.81. The van der Waals surface area contributed by atoms with E-state index in [0.717, 1.165) is 24.2 Å². The Morgan fingerprint density at radius 2 is 2.00 bits per heavy atom. The van der Waals surface area contributed by atoms with E-state index in [-0.39, 0.29) is 11.4 Å². The van der Waals surface area contributed by atoms with E-state index in [1.54, 1.807) is 24.3 Å². The number of H-pyrrole nitrogens is 1. The number of hydrogen-bond acceptors (Lipinski definition) is 4. The SMILES string of the molecule is CCCCOc1ccc(C=C(C#N)c2nc3ccccc3c(=O)[nH]2)cc1. The summed E-state index contributed by atoms with van der Waals surface area (Å²) in [7, 11) is 0. The number of ether oxygens (including phenoxy) is 1. The van der Waals surface area contributed by atoms with Crippen molar-refractivity contribution in [1.29, 1.82) is 5.26 Å². The Balaban J connectivity index is 1.89. The maximum Gasteiger partial charge on any atom is 0.259 e. The molecule has 5 heteroatoms. The molecule has 0 aliphatic rings. The van der Waals surface area contributed by atoms with Gasteiger partial charge in [0, 0.05) is 0 Å². The third kappa shape index (κ3) is 3.98. The van der Waals surface area contributed by atoms with Crippen molar-refractivity contribution in [2.24, 2.45) is 0 Å². The minimum absolute atomic E-state index is 0.258. The van der Waals surface area contributed by atoms with Crippen molar-refractivity contribution >= 4 is 22.6 Å². The van der Waals surface area contributed by atoms with Crippen molar-refractivity contribution < 1.29 is 4.74 Å². The van der Waals surface area contributed by atoms with Gasteiger partial charge in [0.25, 0.3) is 5.56 Å². The summed E-state index contributed by atoms with van der Waals surface area (Å²) in [5, 5.41) is 10.00. The van der Waals surface area contributed by atoms with E-state index < -0.39 is 0 Å². The molecule has 5 nitrogen and oxygen atoms in total. The highest BCUT2D eigenvalue weighted by Crippen LogP contribution is 2.18. The molecule has 0 fully saturated rings. The standard InChI is InChI=1S/C21H19N3O2/c1-2-3-12-26-17-10-8-15(9-11-17)13-16(14-22)20-23-19-7-5-4-6-18(19)21(25)24-20/h4-11,13H,2-3,12H2,1H3,(H,23,24,25). The number of aromatic amines is 1. The highest BCUT2D eigenvalue weighted by atomic mass is 16.5. The summed E-state index contributed by atoms with van der Waals surface area (Å²) in [6, 6.07) is 16.6. The highest BCUT2D eigenvalue weighted by molar-refractivity contribution is 5.89. The molecule has 0 spiro atoms. The molecule has 0 saturated carbocycles. The first-order valence-corrected chi connectivity index (χ1v) is 8.55. The number of benzene rings is 2. The highest BCUT2D eigenvalue weighted by Gasteiger charge is 2.08. The summed E-state index contributed by atoms with van der Waals surface area (Å²) in [4.78, 5) is 19.3. The lowest BCUT2D eigenvalue weighted by Crippen LogP contribution is -2.11. The number of allylic oxidation sites excluding steroid dienone is 1. The molecule has 1 heterocycles. The van der Waals surface area contributed by atoms with Crippen LogP contribution in [0.15, 0.2) is 53.3 Å². The van der Waals surface area contributed by atoms with Crippen LogP contribution < -0.4 is 10.3 Å². The molecule has 3 rings (SSSR count). The van der Waals surface area contributed by atoms with E-state index in [0.29, 0.717) is 23.1 Å². The van der Waals surface area contributed by atoms with Crippen molar-refractivity contribution in [2.75, 3.05) is 6.61 Å². The molecule has 0 radical (unpaired) electrons. The largest absolute Gasteiger partial charge is 0.494 e. The number of nitriles is 1. The van der Waals surface area contributed by atoms with Crippen LogP contribution in [0.4, 0.5) is 0 Å². The van der Waals surface area contributed by atoms with Gasteiger partial charge in [-0.25, -0.2) is 4.98 Å². The van der Waals surface area contributed by atoms with Crippen molar-refractivity contribution in [3.05, 3.63) is 70.3 Å². The molecule has 26 heavy (non-hydrogen) atoms. The maximum atomic E-state index is 12.2. The molecule has 1 N–H and O–H groups in total. The van der Waals surface area contributed by atoms with Crippen LogP contribution >= 0.6 is 0 Å². The van der Waals surface area contributed by atoms with Crippen LogP contribution in [0, 0.1) is 11.3 Å². The molecule has 0 unspecified atom stereocenters. The van der Waals surface area contributed by atoms with Gasteiger partial charge in [0.2, 0.25) is 0 Å². The Hall–Kier alpha value is -3.39. The van der Waals surface area contributed by atoms with Crippen LogP contribution in [0.1, 0.15) is 31.2 Å². The molecular formula is C21H19N3O2. The van der Waals surface area contributed by atoms with Crippen molar-refractivity contribution in [1.82, 2.24) is 9.97 Å². The fraction of sp³-hybridized carbons (Fsp3) is 0.190. The molecule has 0 atom stereocenters. The molecular weight excluding hydrogens is 326 g/mol. The Morgan fingerprint density at radius 1 is 1.23 bits per heavy atom. The number of para-hydroxylation sites is 1. The minimum atomic E-state index is -0.258. The van der Waals surface area contributed by atoms with Gasteiger partial charge in [-0.2, -0.15) is 5.26 Å². The molecule has 2 aromatic carbocycles. The zero-order valence-corrected chi connectivity index (χ0v) is 14.5. The number of aromatic nitrogens is 2. The molecule has 3 aromatic rings. The average Bonchev–Trinajstić information content (AvgIpc) is 2.67. The van der Waals surface area contributed by atoms with Gasteiger partial charge in [-0.3, -0.25) is 4.79 Å². The van der Waals surface area contributed by atoms with Crippen LogP contribution in [-0.4, -0.2) is 16.6 Å². The number of nitrogens with zero attached hydrogens (tertiary/aromatic N) is 2. The van der Waals surface area contributed by atoms with Crippen molar-refractivity contribution in [3.63, 3.8) is 0 Å². The van der Waals surface area contributed by atoms with Gasteiger partial charge >= 0.3 is 0 Å². The van der Waals surface area contributed by atoms with Crippen LogP contribution in [0.25, 0.3) is 22.6 Å². The lowest BCUT2D eigenvalue weighted by Gasteiger charge is -2.05. The summed E-state index contributed by atoms with van der Waals surface area (Å²) >= 11 is 0. The van der Waals surface area contributed by atoms with Crippen LogP contribution in [-0.2, 0) is 0 Å². The predicted molar refractivity (Wildman–Crippen MR) is 103 cm³/mol. The first kappa shape index (κ1) is 17.4. The molecule has 130 valence electrons. The van der Waals surface area contributed by atoms with Gasteiger partial charge in [-0.05, 0) is 42.3 Å². The summed E-state index contributed by atoms with van der Waals surface area (Å²) < 4.78 is 5.64. The molecule has 0 saturated heterocycles. The third-order valence-electron chi connectivity index (χ3n) is 3.95. The van der Waals surface area contributed by atoms with E-state index in [1.165, 1.54) is 0 Å². The van der Waals surface area contributed by atoms with E-state index >= 15 is 0 Å². The lowest BCUT2D eigenvalue weighted by molar-refractivity contribution is 0.309. The van der Waals surface area contributed by atoms with E-state index in [9.17, 15) is 10.1 Å². The van der Waals surface area contributed by atoms with Crippen molar-refractivity contribution in [2.45, 2.75) is 19.8 Å². The maximum absolute atomic E-state index is 12.2. The summed E-state index contributed by atoms with van der Waals surface area (Å²) in [6.07, 6.45) is 3.80. The first-order chi connectivity index (χ1) is 12.7. The van der Waals surface area contributed by atoms with E-state index in [1.807, 2.05) is 30.3 Å². The Kier molecular flexibility index (Phi) is 5.45. The number of fused-ring (bicyclic) bond motifs is 1. The first-order valence-electron chi connectivity index (χ1n) is 8.55. The molecule has 0 aliphatic carbocycles. The van der Waals surface area contributed by atoms with Gasteiger partial charge in [-0.15, -0.1) is 0 Å². The van der Waals surface area contributed by atoms with Crippen molar-refractivity contribution in [3.8, 4) is 11.8 Å². The quantitative estimate of drug-likeness (QED) is 0.537.